The van der Waals surface area contributed by atoms with Gasteiger partial charge in [-0.15, -0.1) is 0 Å². The van der Waals surface area contributed by atoms with E-state index in [4.69, 9.17) is 9.47 Å². The highest BCUT2D eigenvalue weighted by atomic mass is 28.3. The molecule has 1 radical (unpaired) electrons. The van der Waals surface area contributed by atoms with Gasteiger partial charge in [-0.25, -0.2) is 0 Å². The number of methoxy groups -OCH3 is 2. The van der Waals surface area contributed by atoms with Crippen LogP contribution in [0.4, 0.5) is 0 Å². The number of ether oxygens (including phenoxy) is 2. The molecule has 6 rings (SSSR count). The molecule has 0 saturated carbocycles. The number of benzene rings is 2. The van der Waals surface area contributed by atoms with Crippen molar-refractivity contribution >= 4 is 8.80 Å². The molecule has 0 heterocycles. The molecule has 2 nitrogen and oxygen atoms in total. The fraction of sp³-hybridized carbons (Fsp3) is 0.243. The van der Waals surface area contributed by atoms with E-state index in [1.165, 1.54) is 44.6 Å². The van der Waals surface area contributed by atoms with Crippen molar-refractivity contribution in [2.24, 2.45) is 0 Å². The average molecular weight is 542 g/mol. The lowest BCUT2D eigenvalue weighted by molar-refractivity contribution is 0.409. The van der Waals surface area contributed by atoms with Gasteiger partial charge >= 0.3 is 0 Å². The lowest BCUT2D eigenvalue weighted by Crippen LogP contribution is -2.26. The number of hydrogen-bond donors (Lipinski definition) is 0. The third kappa shape index (κ3) is 4.43. The second-order valence-electron chi connectivity index (χ2n) is 11.1. The third-order valence-electron chi connectivity index (χ3n) is 8.88. The Morgan fingerprint density at radius 2 is 1.00 bits per heavy atom. The number of allylic oxidation sites excluding steroid dienone is 16. The minimum atomic E-state index is -0.925. The smallest absolute Gasteiger partial charge is 0.122 e. The van der Waals surface area contributed by atoms with Crippen LogP contribution in [0.2, 0.25) is 17.6 Å². The van der Waals surface area contributed by atoms with Crippen LogP contribution in [0.5, 0.6) is 11.5 Å². The van der Waals surface area contributed by atoms with Crippen molar-refractivity contribution in [1.29, 1.82) is 0 Å². The van der Waals surface area contributed by atoms with E-state index < -0.39 is 8.80 Å². The SMILES string of the molecule is COc1ccccc1C1C=CC=CC2=C1C=C(C)C2[Si](C)C1C(C)=CC2=C1C=CC=CC2c1ccccc1OC. The van der Waals surface area contributed by atoms with E-state index in [0.717, 1.165) is 11.5 Å². The molecule has 4 aliphatic carbocycles. The fourth-order valence-electron chi connectivity index (χ4n) is 7.21. The van der Waals surface area contributed by atoms with Crippen LogP contribution >= 0.6 is 0 Å². The summed E-state index contributed by atoms with van der Waals surface area (Å²) in [6.07, 6.45) is 23.2. The van der Waals surface area contributed by atoms with Crippen molar-refractivity contribution in [1.82, 2.24) is 0 Å². The van der Waals surface area contributed by atoms with E-state index in [2.05, 4.69) is 130 Å². The molecular formula is C37H37O2Si. The van der Waals surface area contributed by atoms with Gasteiger partial charge in [-0.1, -0.05) is 115 Å². The highest BCUT2D eigenvalue weighted by molar-refractivity contribution is 6.64. The van der Waals surface area contributed by atoms with Gasteiger partial charge < -0.3 is 9.47 Å². The maximum atomic E-state index is 5.79. The lowest BCUT2D eigenvalue weighted by Gasteiger charge is -2.30. The van der Waals surface area contributed by atoms with Gasteiger partial charge in [0.25, 0.3) is 0 Å². The summed E-state index contributed by atoms with van der Waals surface area (Å²) >= 11 is 0. The van der Waals surface area contributed by atoms with Gasteiger partial charge in [0.15, 0.2) is 0 Å². The molecule has 0 spiro atoms. The fourth-order valence-corrected chi connectivity index (χ4v) is 10.7. The van der Waals surface area contributed by atoms with Crippen LogP contribution in [0.1, 0.15) is 36.8 Å². The highest BCUT2D eigenvalue weighted by Crippen LogP contribution is 2.54. The summed E-state index contributed by atoms with van der Waals surface area (Å²) < 4.78 is 11.6. The van der Waals surface area contributed by atoms with E-state index in [1.54, 1.807) is 14.2 Å². The molecule has 0 aliphatic heterocycles. The zero-order chi connectivity index (χ0) is 27.8. The molecule has 2 aromatic carbocycles. The molecule has 201 valence electrons. The Bertz CT molecular complexity index is 1460. The summed E-state index contributed by atoms with van der Waals surface area (Å²) in [6, 6.07) is 16.9. The van der Waals surface area contributed by atoms with Gasteiger partial charge in [0.05, 0.1) is 23.0 Å². The Kier molecular flexibility index (Phi) is 7.25. The normalized spacial score (nSPS) is 25.1. The number of hydrogen-bond acceptors (Lipinski definition) is 2. The molecule has 0 N–H and O–H groups in total. The van der Waals surface area contributed by atoms with Crippen molar-refractivity contribution in [2.45, 2.75) is 43.3 Å². The largest absolute Gasteiger partial charge is 0.496 e. The van der Waals surface area contributed by atoms with Gasteiger partial charge in [0.2, 0.25) is 0 Å². The van der Waals surface area contributed by atoms with Gasteiger partial charge in [-0.05, 0) is 59.4 Å². The van der Waals surface area contributed by atoms with E-state index in [1.807, 2.05) is 0 Å². The third-order valence-corrected chi connectivity index (χ3v) is 12.2. The second kappa shape index (κ2) is 11.0. The van der Waals surface area contributed by atoms with E-state index in [0.29, 0.717) is 11.1 Å². The van der Waals surface area contributed by atoms with Crippen LogP contribution in [-0.2, 0) is 0 Å². The Morgan fingerprint density at radius 3 is 1.43 bits per heavy atom. The maximum absolute atomic E-state index is 5.79. The van der Waals surface area contributed by atoms with Gasteiger partial charge in [0, 0.05) is 23.0 Å². The maximum Gasteiger partial charge on any atom is 0.122 e. The zero-order valence-corrected chi connectivity index (χ0v) is 25.0. The quantitative estimate of drug-likeness (QED) is 0.339. The predicted octanol–water partition coefficient (Wildman–Crippen LogP) is 9.20. The van der Waals surface area contributed by atoms with Crippen molar-refractivity contribution in [2.75, 3.05) is 14.2 Å². The molecule has 0 bridgehead atoms. The molecule has 40 heavy (non-hydrogen) atoms. The van der Waals surface area contributed by atoms with Crippen molar-refractivity contribution < 1.29 is 9.47 Å². The first-order valence-electron chi connectivity index (χ1n) is 14.2. The molecule has 0 saturated heterocycles. The number of para-hydroxylation sites is 2. The molecule has 0 amide bonds. The minimum Gasteiger partial charge on any atom is -0.496 e. The first kappa shape index (κ1) is 26.4. The summed E-state index contributed by atoms with van der Waals surface area (Å²) in [5.74, 6) is 2.26. The molecular weight excluding hydrogens is 504 g/mol. The van der Waals surface area contributed by atoms with Crippen LogP contribution in [0.25, 0.3) is 0 Å². The highest BCUT2D eigenvalue weighted by Gasteiger charge is 2.41. The standard InChI is InChI=1S/C37H37O2Si/c1-24-22-32-26(28-16-10-12-20-34(28)38-3)14-6-8-18-30(32)36(24)40(5)37-25(2)23-33-27(15-7-9-19-31(33)37)29-17-11-13-21-35(29)39-4/h6-23,26-27,36-37H,1-5H3. The lowest BCUT2D eigenvalue weighted by atomic mass is 9.89. The van der Waals surface area contributed by atoms with E-state index in [9.17, 15) is 0 Å². The van der Waals surface area contributed by atoms with Crippen LogP contribution in [0, 0.1) is 0 Å². The Balaban J connectivity index is 1.40. The second-order valence-corrected chi connectivity index (χ2v) is 13.8. The topological polar surface area (TPSA) is 18.5 Å². The molecule has 4 unspecified atom stereocenters. The van der Waals surface area contributed by atoms with Crippen LogP contribution in [-0.4, -0.2) is 23.0 Å². The predicted molar refractivity (Wildman–Crippen MR) is 169 cm³/mol. The molecule has 2 aromatic rings. The summed E-state index contributed by atoms with van der Waals surface area (Å²) in [5.41, 5.74) is 12.1. The molecule has 0 fully saturated rings. The van der Waals surface area contributed by atoms with Gasteiger partial charge in [-0.3, -0.25) is 0 Å². The van der Waals surface area contributed by atoms with E-state index >= 15 is 0 Å². The van der Waals surface area contributed by atoms with Crippen LogP contribution in [0.15, 0.2) is 143 Å². The monoisotopic (exact) mass is 541 g/mol. The zero-order valence-electron chi connectivity index (χ0n) is 24.0. The van der Waals surface area contributed by atoms with Crippen LogP contribution < -0.4 is 9.47 Å². The number of rotatable bonds is 6. The minimum absolute atomic E-state index is 0.183. The average Bonchev–Trinajstić information content (AvgIpc) is 3.29. The van der Waals surface area contributed by atoms with Crippen molar-refractivity contribution in [3.63, 3.8) is 0 Å². The Hall–Kier alpha value is -3.82. The summed E-state index contributed by atoms with van der Waals surface area (Å²) in [6.45, 7) is 7.24. The van der Waals surface area contributed by atoms with Crippen LogP contribution in [0.3, 0.4) is 0 Å². The molecule has 4 atom stereocenters. The first-order chi connectivity index (χ1) is 19.5. The Labute approximate surface area is 240 Å². The summed E-state index contributed by atoms with van der Waals surface area (Å²) in [7, 11) is 2.62. The first-order valence-corrected chi connectivity index (χ1v) is 16.3. The van der Waals surface area contributed by atoms with Crippen molar-refractivity contribution in [3.05, 3.63) is 154 Å². The van der Waals surface area contributed by atoms with Gasteiger partial charge in [0.1, 0.15) is 11.5 Å². The summed E-state index contributed by atoms with van der Waals surface area (Å²) in [5, 5.41) is 0. The molecule has 4 aliphatic rings. The van der Waals surface area contributed by atoms with E-state index in [-0.39, 0.29) is 11.8 Å². The van der Waals surface area contributed by atoms with Gasteiger partial charge in [-0.2, -0.15) is 0 Å². The molecule has 0 aromatic heterocycles. The molecule has 3 heteroatoms. The summed E-state index contributed by atoms with van der Waals surface area (Å²) in [4.78, 5) is 0. The van der Waals surface area contributed by atoms with Crippen molar-refractivity contribution in [3.8, 4) is 11.5 Å². The Morgan fingerprint density at radius 1 is 0.575 bits per heavy atom.